The summed E-state index contributed by atoms with van der Waals surface area (Å²) in [6.07, 6.45) is 2.10. The van der Waals surface area contributed by atoms with Crippen LogP contribution < -0.4 is 10.1 Å². The molecule has 0 aliphatic heterocycles. The van der Waals surface area contributed by atoms with Crippen LogP contribution >= 0.6 is 0 Å². The van der Waals surface area contributed by atoms with Crippen molar-refractivity contribution < 1.29 is 9.13 Å². The van der Waals surface area contributed by atoms with Gasteiger partial charge < -0.3 is 10.1 Å². The highest BCUT2D eigenvalue weighted by molar-refractivity contribution is 5.28. The second-order valence-electron chi connectivity index (χ2n) is 4.40. The van der Waals surface area contributed by atoms with Crippen LogP contribution in [0.3, 0.4) is 0 Å². The van der Waals surface area contributed by atoms with Gasteiger partial charge in [-0.1, -0.05) is 6.92 Å². The molecule has 96 valence electrons. The monoisotopic (exact) mass is 239 g/mol. The first kappa shape index (κ1) is 14.0. The van der Waals surface area contributed by atoms with Crippen LogP contribution in [-0.2, 0) is 0 Å². The van der Waals surface area contributed by atoms with Crippen molar-refractivity contribution in [2.75, 3.05) is 13.2 Å². The maximum Gasteiger partial charge on any atom is 0.126 e. The van der Waals surface area contributed by atoms with Crippen molar-refractivity contribution in [2.45, 2.75) is 39.7 Å². The van der Waals surface area contributed by atoms with E-state index in [1.807, 2.05) is 0 Å². The molecule has 0 aromatic heterocycles. The third kappa shape index (κ3) is 5.18. The molecule has 0 saturated heterocycles. The number of benzene rings is 1. The molecule has 0 radical (unpaired) electrons. The SMILES string of the molecule is CCCNC(C)CCOc1ccc(F)c(C)c1. The van der Waals surface area contributed by atoms with Crippen molar-refractivity contribution in [1.29, 1.82) is 0 Å². The first-order valence-corrected chi connectivity index (χ1v) is 6.25. The molecule has 1 N–H and O–H groups in total. The Morgan fingerprint density at radius 2 is 2.18 bits per heavy atom. The molecule has 0 aliphatic rings. The predicted molar refractivity (Wildman–Crippen MR) is 69.0 cm³/mol. The van der Waals surface area contributed by atoms with Crippen LogP contribution in [0.4, 0.5) is 4.39 Å². The van der Waals surface area contributed by atoms with E-state index < -0.39 is 0 Å². The van der Waals surface area contributed by atoms with E-state index in [-0.39, 0.29) is 5.82 Å². The van der Waals surface area contributed by atoms with Gasteiger partial charge in [-0.25, -0.2) is 4.39 Å². The largest absolute Gasteiger partial charge is 0.494 e. The summed E-state index contributed by atoms with van der Waals surface area (Å²) in [5.41, 5.74) is 0.625. The van der Waals surface area contributed by atoms with Crippen LogP contribution in [0.25, 0.3) is 0 Å². The number of rotatable bonds is 7. The van der Waals surface area contributed by atoms with Crippen molar-refractivity contribution in [3.63, 3.8) is 0 Å². The molecule has 0 saturated carbocycles. The van der Waals surface area contributed by atoms with E-state index in [0.717, 1.165) is 25.1 Å². The molecule has 1 atom stereocenters. The summed E-state index contributed by atoms with van der Waals surface area (Å²) >= 11 is 0. The number of halogens is 1. The maximum atomic E-state index is 13.0. The van der Waals surface area contributed by atoms with Crippen molar-refractivity contribution >= 4 is 0 Å². The lowest BCUT2D eigenvalue weighted by molar-refractivity contribution is 0.289. The van der Waals surface area contributed by atoms with E-state index in [9.17, 15) is 4.39 Å². The van der Waals surface area contributed by atoms with Gasteiger partial charge >= 0.3 is 0 Å². The van der Waals surface area contributed by atoms with Crippen molar-refractivity contribution in [3.05, 3.63) is 29.6 Å². The van der Waals surface area contributed by atoms with Gasteiger partial charge in [-0.3, -0.25) is 0 Å². The van der Waals surface area contributed by atoms with Crippen LogP contribution in [0.1, 0.15) is 32.3 Å². The molecule has 17 heavy (non-hydrogen) atoms. The zero-order valence-corrected chi connectivity index (χ0v) is 10.9. The van der Waals surface area contributed by atoms with Crippen molar-refractivity contribution in [3.8, 4) is 5.75 Å². The fraction of sp³-hybridized carbons (Fsp3) is 0.571. The quantitative estimate of drug-likeness (QED) is 0.788. The average molecular weight is 239 g/mol. The Morgan fingerprint density at radius 1 is 1.41 bits per heavy atom. The van der Waals surface area contributed by atoms with Gasteiger partial charge in [0.15, 0.2) is 0 Å². The topological polar surface area (TPSA) is 21.3 Å². The van der Waals surface area contributed by atoms with Crippen LogP contribution in [0, 0.1) is 12.7 Å². The highest BCUT2D eigenvalue weighted by Crippen LogP contribution is 2.16. The van der Waals surface area contributed by atoms with Gasteiger partial charge in [-0.05, 0) is 57.0 Å². The van der Waals surface area contributed by atoms with Gasteiger partial charge in [0.25, 0.3) is 0 Å². The van der Waals surface area contributed by atoms with Gasteiger partial charge in [0.1, 0.15) is 11.6 Å². The first-order valence-electron chi connectivity index (χ1n) is 6.25. The normalized spacial score (nSPS) is 12.5. The molecule has 0 aliphatic carbocycles. The van der Waals surface area contributed by atoms with Crippen LogP contribution in [0.15, 0.2) is 18.2 Å². The Bertz CT molecular complexity index is 341. The molecular weight excluding hydrogens is 217 g/mol. The zero-order valence-electron chi connectivity index (χ0n) is 10.9. The van der Waals surface area contributed by atoms with Gasteiger partial charge in [0.2, 0.25) is 0 Å². The lowest BCUT2D eigenvalue weighted by Gasteiger charge is -2.13. The molecule has 3 heteroatoms. The Morgan fingerprint density at radius 3 is 2.82 bits per heavy atom. The molecule has 0 bridgehead atoms. The van der Waals surface area contributed by atoms with E-state index in [2.05, 4.69) is 19.2 Å². The summed E-state index contributed by atoms with van der Waals surface area (Å²) < 4.78 is 18.6. The summed E-state index contributed by atoms with van der Waals surface area (Å²) in [7, 11) is 0. The molecular formula is C14H22FNO. The molecule has 1 aromatic carbocycles. The molecule has 0 heterocycles. The summed E-state index contributed by atoms with van der Waals surface area (Å²) in [5.74, 6) is 0.557. The number of hydrogen-bond acceptors (Lipinski definition) is 2. The lowest BCUT2D eigenvalue weighted by atomic mass is 10.2. The van der Waals surface area contributed by atoms with E-state index in [1.165, 1.54) is 6.07 Å². The molecule has 2 nitrogen and oxygen atoms in total. The minimum Gasteiger partial charge on any atom is -0.494 e. The fourth-order valence-corrected chi connectivity index (χ4v) is 1.55. The van der Waals surface area contributed by atoms with Gasteiger partial charge in [-0.2, -0.15) is 0 Å². The lowest BCUT2D eigenvalue weighted by Crippen LogP contribution is -2.28. The second-order valence-corrected chi connectivity index (χ2v) is 4.40. The second kappa shape index (κ2) is 7.28. The van der Waals surface area contributed by atoms with Gasteiger partial charge in [0.05, 0.1) is 6.61 Å². The number of aryl methyl sites for hydroxylation is 1. The summed E-state index contributed by atoms with van der Waals surface area (Å²) in [5, 5.41) is 3.40. The van der Waals surface area contributed by atoms with Crippen LogP contribution in [0.5, 0.6) is 5.75 Å². The van der Waals surface area contributed by atoms with Crippen molar-refractivity contribution in [2.24, 2.45) is 0 Å². The molecule has 0 amide bonds. The first-order chi connectivity index (χ1) is 8.13. The van der Waals surface area contributed by atoms with E-state index in [4.69, 9.17) is 4.74 Å². The van der Waals surface area contributed by atoms with E-state index in [0.29, 0.717) is 18.2 Å². The summed E-state index contributed by atoms with van der Waals surface area (Å²) in [6.45, 7) is 7.74. The molecule has 0 fully saturated rings. The standard InChI is InChI=1S/C14H22FNO/c1-4-8-16-12(3)7-9-17-13-5-6-14(15)11(2)10-13/h5-6,10,12,16H,4,7-9H2,1-3H3. The zero-order chi connectivity index (χ0) is 12.7. The van der Waals surface area contributed by atoms with Gasteiger partial charge in [-0.15, -0.1) is 0 Å². The minimum absolute atomic E-state index is 0.185. The Labute approximate surface area is 103 Å². The molecule has 0 spiro atoms. The van der Waals surface area contributed by atoms with E-state index >= 15 is 0 Å². The van der Waals surface area contributed by atoms with Crippen molar-refractivity contribution in [1.82, 2.24) is 5.32 Å². The molecule has 1 aromatic rings. The third-order valence-corrected chi connectivity index (χ3v) is 2.69. The fourth-order valence-electron chi connectivity index (χ4n) is 1.55. The third-order valence-electron chi connectivity index (χ3n) is 2.69. The minimum atomic E-state index is -0.185. The van der Waals surface area contributed by atoms with Crippen LogP contribution in [-0.4, -0.2) is 19.2 Å². The Hall–Kier alpha value is -1.09. The number of hydrogen-bond donors (Lipinski definition) is 1. The smallest absolute Gasteiger partial charge is 0.126 e. The highest BCUT2D eigenvalue weighted by Gasteiger charge is 2.02. The summed E-state index contributed by atoms with van der Waals surface area (Å²) in [4.78, 5) is 0. The predicted octanol–water partition coefficient (Wildman–Crippen LogP) is 3.29. The van der Waals surface area contributed by atoms with E-state index in [1.54, 1.807) is 19.1 Å². The summed E-state index contributed by atoms with van der Waals surface area (Å²) in [6, 6.07) is 5.31. The maximum absolute atomic E-state index is 13.0. The van der Waals surface area contributed by atoms with Crippen LogP contribution in [0.2, 0.25) is 0 Å². The number of nitrogens with one attached hydrogen (secondary N) is 1. The molecule has 1 rings (SSSR count). The Balaban J connectivity index is 2.28. The molecule has 1 unspecified atom stereocenters. The highest BCUT2D eigenvalue weighted by atomic mass is 19.1. The van der Waals surface area contributed by atoms with Gasteiger partial charge in [0, 0.05) is 6.04 Å². The number of ether oxygens (including phenoxy) is 1. The average Bonchev–Trinajstić information content (AvgIpc) is 2.31. The Kier molecular flexibility index (Phi) is 5.98.